The molecule has 3 rings (SSSR count). The van der Waals surface area contributed by atoms with Crippen LogP contribution < -0.4 is 19.5 Å². The molecule has 2 aromatic rings. The number of amides is 1. The van der Waals surface area contributed by atoms with Crippen LogP contribution >= 0.6 is 11.6 Å². The standard InChI is InChI=1S/C21H24ClNO4/c1-13(2)21(15-5-7-17-19(11-15)26-9-8-25-17)23-20(24)12-27-18-10-14(3)4-6-16(18)22/h4-7,10-11,13,21H,8-9,12H2,1-3H3,(H,23,24)/t21-/m1/s1. The summed E-state index contributed by atoms with van der Waals surface area (Å²) < 4.78 is 16.8. The Bertz CT molecular complexity index is 822. The first kappa shape index (κ1) is 19.4. The molecule has 0 radical (unpaired) electrons. The van der Waals surface area contributed by atoms with Gasteiger partial charge in [-0.05, 0) is 48.2 Å². The maximum absolute atomic E-state index is 12.5. The first-order valence-corrected chi connectivity index (χ1v) is 9.39. The van der Waals surface area contributed by atoms with Gasteiger partial charge in [0, 0.05) is 0 Å². The Kier molecular flexibility index (Phi) is 6.11. The Hall–Kier alpha value is -2.40. The molecule has 144 valence electrons. The quantitative estimate of drug-likeness (QED) is 0.799. The fourth-order valence-corrected chi connectivity index (χ4v) is 3.14. The summed E-state index contributed by atoms with van der Waals surface area (Å²) in [6.07, 6.45) is 0. The van der Waals surface area contributed by atoms with E-state index in [1.54, 1.807) is 6.07 Å². The number of nitrogens with one attached hydrogen (secondary N) is 1. The Morgan fingerprint density at radius 1 is 1.15 bits per heavy atom. The third-order valence-electron chi connectivity index (χ3n) is 4.35. The van der Waals surface area contributed by atoms with Crippen molar-refractivity contribution in [1.29, 1.82) is 0 Å². The molecule has 1 aliphatic heterocycles. The van der Waals surface area contributed by atoms with Crippen LogP contribution in [-0.2, 0) is 4.79 Å². The van der Waals surface area contributed by atoms with Crippen molar-refractivity contribution in [2.45, 2.75) is 26.8 Å². The summed E-state index contributed by atoms with van der Waals surface area (Å²) in [5, 5.41) is 3.53. The van der Waals surface area contributed by atoms with Gasteiger partial charge in [0.05, 0.1) is 11.1 Å². The zero-order chi connectivity index (χ0) is 19.4. The average molecular weight is 390 g/mol. The highest BCUT2D eigenvalue weighted by Gasteiger charge is 2.21. The van der Waals surface area contributed by atoms with Gasteiger partial charge in [-0.25, -0.2) is 0 Å². The molecule has 5 nitrogen and oxygen atoms in total. The van der Waals surface area contributed by atoms with Crippen molar-refractivity contribution in [3.8, 4) is 17.2 Å². The first-order chi connectivity index (χ1) is 12.9. The van der Waals surface area contributed by atoms with Crippen molar-refractivity contribution in [3.63, 3.8) is 0 Å². The predicted octanol–water partition coefficient (Wildman–Crippen LogP) is 4.31. The fraction of sp³-hybridized carbons (Fsp3) is 0.381. The van der Waals surface area contributed by atoms with Crippen molar-refractivity contribution >= 4 is 17.5 Å². The van der Waals surface area contributed by atoms with E-state index in [0.717, 1.165) is 16.9 Å². The highest BCUT2D eigenvalue weighted by atomic mass is 35.5. The van der Waals surface area contributed by atoms with Crippen molar-refractivity contribution in [2.75, 3.05) is 19.8 Å². The van der Waals surface area contributed by atoms with Crippen LogP contribution in [0, 0.1) is 12.8 Å². The van der Waals surface area contributed by atoms with E-state index in [1.807, 2.05) is 37.3 Å². The van der Waals surface area contributed by atoms with E-state index >= 15 is 0 Å². The third kappa shape index (κ3) is 4.86. The molecule has 0 aromatic heterocycles. The lowest BCUT2D eigenvalue weighted by atomic mass is 9.95. The minimum Gasteiger partial charge on any atom is -0.486 e. The molecule has 1 heterocycles. The normalized spacial score (nSPS) is 14.0. The van der Waals surface area contributed by atoms with Crippen molar-refractivity contribution in [2.24, 2.45) is 5.92 Å². The van der Waals surface area contributed by atoms with Crippen molar-refractivity contribution < 1.29 is 19.0 Å². The van der Waals surface area contributed by atoms with E-state index in [1.165, 1.54) is 0 Å². The number of rotatable bonds is 6. The number of aryl methyl sites for hydroxylation is 1. The SMILES string of the molecule is Cc1ccc(Cl)c(OCC(=O)N[C@@H](c2ccc3c(c2)OCCO3)C(C)C)c1. The zero-order valence-electron chi connectivity index (χ0n) is 15.8. The maximum Gasteiger partial charge on any atom is 0.258 e. The minimum absolute atomic E-state index is 0.100. The van der Waals surface area contributed by atoms with Crippen LogP contribution in [0.15, 0.2) is 36.4 Å². The van der Waals surface area contributed by atoms with Gasteiger partial charge in [0.1, 0.15) is 19.0 Å². The van der Waals surface area contributed by atoms with E-state index in [-0.39, 0.29) is 24.5 Å². The zero-order valence-corrected chi connectivity index (χ0v) is 16.5. The number of ether oxygens (including phenoxy) is 3. The van der Waals surface area contributed by atoms with E-state index in [4.69, 9.17) is 25.8 Å². The molecule has 0 saturated heterocycles. The number of hydrogen-bond acceptors (Lipinski definition) is 4. The van der Waals surface area contributed by atoms with Crippen LogP contribution in [0.2, 0.25) is 5.02 Å². The second-order valence-electron chi connectivity index (χ2n) is 6.91. The summed E-state index contributed by atoms with van der Waals surface area (Å²) in [5.74, 6) is 1.94. The Morgan fingerprint density at radius 3 is 2.63 bits per heavy atom. The van der Waals surface area contributed by atoms with E-state index in [0.29, 0.717) is 29.7 Å². The molecule has 1 aliphatic rings. The molecule has 0 unspecified atom stereocenters. The van der Waals surface area contributed by atoms with Gasteiger partial charge in [-0.15, -0.1) is 0 Å². The molecule has 0 saturated carbocycles. The number of carbonyl (C=O) groups excluding carboxylic acids is 1. The monoisotopic (exact) mass is 389 g/mol. The molecule has 0 spiro atoms. The first-order valence-electron chi connectivity index (χ1n) is 9.02. The second kappa shape index (κ2) is 8.53. The molecule has 27 heavy (non-hydrogen) atoms. The lowest BCUT2D eigenvalue weighted by Crippen LogP contribution is -2.35. The molecule has 6 heteroatoms. The molecule has 0 aliphatic carbocycles. The summed E-state index contributed by atoms with van der Waals surface area (Å²) in [6, 6.07) is 11.1. The lowest BCUT2D eigenvalue weighted by molar-refractivity contribution is -0.124. The smallest absolute Gasteiger partial charge is 0.258 e. The van der Waals surface area contributed by atoms with Gasteiger partial charge in [-0.2, -0.15) is 0 Å². The molecule has 0 fully saturated rings. The van der Waals surface area contributed by atoms with Gasteiger partial charge in [0.25, 0.3) is 5.91 Å². The van der Waals surface area contributed by atoms with Gasteiger partial charge in [0.15, 0.2) is 18.1 Å². The van der Waals surface area contributed by atoms with E-state index < -0.39 is 0 Å². The number of fused-ring (bicyclic) bond motifs is 1. The molecule has 1 atom stereocenters. The van der Waals surface area contributed by atoms with Gasteiger partial charge in [-0.1, -0.05) is 37.6 Å². The van der Waals surface area contributed by atoms with Gasteiger partial charge >= 0.3 is 0 Å². The van der Waals surface area contributed by atoms with Crippen LogP contribution in [0.1, 0.15) is 31.0 Å². The molecule has 1 N–H and O–H groups in total. The van der Waals surface area contributed by atoms with Crippen LogP contribution in [-0.4, -0.2) is 25.7 Å². The molecular formula is C21H24ClNO4. The van der Waals surface area contributed by atoms with Crippen LogP contribution in [0.5, 0.6) is 17.2 Å². The lowest BCUT2D eigenvalue weighted by Gasteiger charge is -2.25. The summed E-state index contributed by atoms with van der Waals surface area (Å²) >= 11 is 6.12. The highest BCUT2D eigenvalue weighted by Crippen LogP contribution is 2.34. The van der Waals surface area contributed by atoms with Crippen molar-refractivity contribution in [3.05, 3.63) is 52.5 Å². The summed E-state index contributed by atoms with van der Waals surface area (Å²) in [4.78, 5) is 12.5. The highest BCUT2D eigenvalue weighted by molar-refractivity contribution is 6.32. The van der Waals surface area contributed by atoms with Gasteiger partial charge in [-0.3, -0.25) is 4.79 Å². The molecule has 0 bridgehead atoms. The van der Waals surface area contributed by atoms with Crippen LogP contribution in [0.3, 0.4) is 0 Å². The number of halogens is 1. The summed E-state index contributed by atoms with van der Waals surface area (Å²) in [5.41, 5.74) is 1.99. The van der Waals surface area contributed by atoms with E-state index in [2.05, 4.69) is 19.2 Å². The van der Waals surface area contributed by atoms with Crippen molar-refractivity contribution in [1.82, 2.24) is 5.32 Å². The summed E-state index contributed by atoms with van der Waals surface area (Å²) in [6.45, 7) is 7.03. The Labute approximate surface area is 164 Å². The minimum atomic E-state index is -0.207. The number of carbonyl (C=O) groups is 1. The number of hydrogen-bond donors (Lipinski definition) is 1. The third-order valence-corrected chi connectivity index (χ3v) is 4.67. The molecular weight excluding hydrogens is 366 g/mol. The largest absolute Gasteiger partial charge is 0.486 e. The Balaban J connectivity index is 1.67. The van der Waals surface area contributed by atoms with Crippen LogP contribution in [0.4, 0.5) is 0 Å². The van der Waals surface area contributed by atoms with Gasteiger partial charge in [0.2, 0.25) is 0 Å². The fourth-order valence-electron chi connectivity index (χ4n) is 2.97. The average Bonchev–Trinajstić information content (AvgIpc) is 2.66. The number of benzene rings is 2. The molecule has 1 amide bonds. The topological polar surface area (TPSA) is 56.8 Å². The molecule has 2 aromatic carbocycles. The maximum atomic E-state index is 12.5. The van der Waals surface area contributed by atoms with Crippen LogP contribution in [0.25, 0.3) is 0 Å². The summed E-state index contributed by atoms with van der Waals surface area (Å²) in [7, 11) is 0. The predicted molar refractivity (Wildman–Crippen MR) is 105 cm³/mol. The van der Waals surface area contributed by atoms with E-state index in [9.17, 15) is 4.79 Å². The second-order valence-corrected chi connectivity index (χ2v) is 7.32. The van der Waals surface area contributed by atoms with Gasteiger partial charge < -0.3 is 19.5 Å². The Morgan fingerprint density at radius 2 is 1.89 bits per heavy atom.